The molecule has 2 nitrogen and oxygen atoms in total. The van der Waals surface area contributed by atoms with E-state index in [2.05, 4.69) is 58.9 Å². The van der Waals surface area contributed by atoms with Gasteiger partial charge in [-0.2, -0.15) is 0 Å². The van der Waals surface area contributed by atoms with E-state index in [9.17, 15) is 5.11 Å². The SMILES string of the molecule is CC/C=C/C(CC)(CO)CC=C(C)C.CCCCCCCC/C=C/CO. The lowest BCUT2D eigenvalue weighted by Crippen LogP contribution is -2.21. The minimum atomic E-state index is -0.0344. The third kappa shape index (κ3) is 17.9. The summed E-state index contributed by atoms with van der Waals surface area (Å²) in [5.74, 6) is 0. The first kappa shape index (κ1) is 27.4. The summed E-state index contributed by atoms with van der Waals surface area (Å²) in [5, 5.41) is 17.9. The Morgan fingerprint density at radius 1 is 0.846 bits per heavy atom. The molecular formula is C24H46O2. The average Bonchev–Trinajstić information content (AvgIpc) is 2.65. The van der Waals surface area contributed by atoms with Gasteiger partial charge in [0.15, 0.2) is 0 Å². The molecule has 0 amide bonds. The van der Waals surface area contributed by atoms with Crippen molar-refractivity contribution in [2.24, 2.45) is 5.41 Å². The Hall–Kier alpha value is -0.860. The van der Waals surface area contributed by atoms with E-state index in [-0.39, 0.29) is 18.6 Å². The van der Waals surface area contributed by atoms with Gasteiger partial charge in [-0.25, -0.2) is 0 Å². The van der Waals surface area contributed by atoms with E-state index in [4.69, 9.17) is 5.11 Å². The highest BCUT2D eigenvalue weighted by Gasteiger charge is 2.22. The molecule has 0 aromatic carbocycles. The molecule has 0 aliphatic rings. The molecule has 2 N–H and O–H groups in total. The van der Waals surface area contributed by atoms with Crippen LogP contribution in [0.4, 0.5) is 0 Å². The van der Waals surface area contributed by atoms with E-state index < -0.39 is 0 Å². The molecule has 2 heteroatoms. The lowest BCUT2D eigenvalue weighted by molar-refractivity contribution is 0.166. The molecule has 0 fully saturated rings. The van der Waals surface area contributed by atoms with Crippen molar-refractivity contribution < 1.29 is 10.2 Å². The maximum Gasteiger partial charge on any atom is 0.0612 e. The van der Waals surface area contributed by atoms with Crippen LogP contribution in [-0.4, -0.2) is 23.4 Å². The Morgan fingerprint density at radius 3 is 2.00 bits per heavy atom. The quantitative estimate of drug-likeness (QED) is 0.257. The molecule has 1 unspecified atom stereocenters. The van der Waals surface area contributed by atoms with Crippen LogP contribution < -0.4 is 0 Å². The molecule has 1 atom stereocenters. The first-order valence-electron chi connectivity index (χ1n) is 10.7. The average molecular weight is 367 g/mol. The summed E-state index contributed by atoms with van der Waals surface area (Å²) in [6, 6.07) is 0. The van der Waals surface area contributed by atoms with E-state index >= 15 is 0 Å². The molecule has 154 valence electrons. The lowest BCUT2D eigenvalue weighted by atomic mass is 9.81. The maximum atomic E-state index is 9.44. The maximum absolute atomic E-state index is 9.44. The van der Waals surface area contributed by atoms with Crippen LogP contribution in [0.2, 0.25) is 0 Å². The summed E-state index contributed by atoms with van der Waals surface area (Å²) in [7, 11) is 0. The van der Waals surface area contributed by atoms with Gasteiger partial charge in [0.25, 0.3) is 0 Å². The molecule has 0 bridgehead atoms. The Balaban J connectivity index is 0. The van der Waals surface area contributed by atoms with Crippen molar-refractivity contribution in [3.8, 4) is 0 Å². The summed E-state index contributed by atoms with van der Waals surface area (Å²) >= 11 is 0. The van der Waals surface area contributed by atoms with Crippen molar-refractivity contribution in [3.63, 3.8) is 0 Å². The van der Waals surface area contributed by atoms with Crippen LogP contribution in [0, 0.1) is 5.41 Å². The fourth-order valence-corrected chi connectivity index (χ4v) is 2.57. The molecule has 0 aromatic rings. The Labute approximate surface area is 164 Å². The van der Waals surface area contributed by atoms with Gasteiger partial charge in [-0.05, 0) is 46.0 Å². The molecule has 0 aliphatic carbocycles. The van der Waals surface area contributed by atoms with Gasteiger partial charge in [0, 0.05) is 5.41 Å². The Kier molecular flexibility index (Phi) is 21.5. The minimum Gasteiger partial charge on any atom is -0.395 e. The number of hydrogen-bond acceptors (Lipinski definition) is 2. The van der Waals surface area contributed by atoms with Crippen molar-refractivity contribution in [2.75, 3.05) is 13.2 Å². The number of aliphatic hydroxyl groups is 2. The van der Waals surface area contributed by atoms with Crippen molar-refractivity contribution in [1.82, 2.24) is 0 Å². The van der Waals surface area contributed by atoms with Gasteiger partial charge in [0.1, 0.15) is 0 Å². The standard InChI is InChI=1S/C13H24O.C11H22O/c1-5-7-9-13(6-2,11-14)10-8-12(3)4;1-2-3-4-5-6-7-8-9-10-11-12/h7-9,14H,5-6,10-11H2,1-4H3;9-10,12H,2-8,11H2,1H3/b9-7+;10-9+. The predicted molar refractivity (Wildman–Crippen MR) is 118 cm³/mol. The largest absolute Gasteiger partial charge is 0.395 e. The fraction of sp³-hybridized carbons (Fsp3) is 0.750. The highest BCUT2D eigenvalue weighted by atomic mass is 16.3. The normalized spacial score (nSPS) is 13.5. The lowest BCUT2D eigenvalue weighted by Gasteiger charge is -2.25. The second-order valence-electron chi connectivity index (χ2n) is 7.38. The predicted octanol–water partition coefficient (Wildman–Crippen LogP) is 6.98. The zero-order valence-corrected chi connectivity index (χ0v) is 18.3. The monoisotopic (exact) mass is 366 g/mol. The van der Waals surface area contributed by atoms with Crippen molar-refractivity contribution >= 4 is 0 Å². The number of aliphatic hydroxyl groups excluding tert-OH is 2. The van der Waals surface area contributed by atoms with Gasteiger partial charge in [-0.3, -0.25) is 0 Å². The van der Waals surface area contributed by atoms with Crippen LogP contribution in [-0.2, 0) is 0 Å². The zero-order chi connectivity index (χ0) is 20.1. The van der Waals surface area contributed by atoms with Crippen LogP contribution >= 0.6 is 0 Å². The van der Waals surface area contributed by atoms with Crippen LogP contribution in [0.3, 0.4) is 0 Å². The molecule has 0 saturated heterocycles. The van der Waals surface area contributed by atoms with E-state index in [1.54, 1.807) is 0 Å². The molecule has 26 heavy (non-hydrogen) atoms. The molecule has 0 heterocycles. The van der Waals surface area contributed by atoms with E-state index in [1.807, 2.05) is 6.08 Å². The van der Waals surface area contributed by atoms with Crippen LogP contribution in [0.15, 0.2) is 36.0 Å². The third-order valence-electron chi connectivity index (χ3n) is 4.64. The molecule has 0 rings (SSSR count). The second-order valence-corrected chi connectivity index (χ2v) is 7.38. The van der Waals surface area contributed by atoms with E-state index in [1.165, 1.54) is 44.1 Å². The summed E-state index contributed by atoms with van der Waals surface area (Å²) in [6.07, 6.45) is 22.6. The summed E-state index contributed by atoms with van der Waals surface area (Å²) in [4.78, 5) is 0. The number of hydrogen-bond donors (Lipinski definition) is 2. The molecular weight excluding hydrogens is 320 g/mol. The van der Waals surface area contributed by atoms with Crippen LogP contribution in [0.5, 0.6) is 0 Å². The molecule has 0 spiro atoms. The van der Waals surface area contributed by atoms with E-state index in [0.29, 0.717) is 0 Å². The van der Waals surface area contributed by atoms with Gasteiger partial charge in [0.2, 0.25) is 0 Å². The zero-order valence-electron chi connectivity index (χ0n) is 18.3. The molecule has 0 radical (unpaired) electrons. The van der Waals surface area contributed by atoms with Gasteiger partial charge < -0.3 is 10.2 Å². The smallest absolute Gasteiger partial charge is 0.0612 e. The number of rotatable bonds is 14. The Morgan fingerprint density at radius 2 is 1.50 bits per heavy atom. The van der Waals surface area contributed by atoms with Crippen molar-refractivity contribution in [2.45, 2.75) is 98.8 Å². The molecule has 0 aliphatic heterocycles. The summed E-state index contributed by atoms with van der Waals surface area (Å²) < 4.78 is 0. The van der Waals surface area contributed by atoms with Gasteiger partial charge >= 0.3 is 0 Å². The molecule has 0 saturated carbocycles. The van der Waals surface area contributed by atoms with Crippen molar-refractivity contribution in [1.29, 1.82) is 0 Å². The third-order valence-corrected chi connectivity index (χ3v) is 4.64. The minimum absolute atomic E-state index is 0.0344. The first-order valence-corrected chi connectivity index (χ1v) is 10.7. The fourth-order valence-electron chi connectivity index (χ4n) is 2.57. The second kappa shape index (κ2) is 20.5. The number of allylic oxidation sites excluding steroid dienone is 4. The number of unbranched alkanes of at least 4 members (excludes halogenated alkanes) is 6. The first-order chi connectivity index (χ1) is 12.5. The highest BCUT2D eigenvalue weighted by molar-refractivity contribution is 5.05. The van der Waals surface area contributed by atoms with Crippen molar-refractivity contribution in [3.05, 3.63) is 36.0 Å². The van der Waals surface area contributed by atoms with Crippen LogP contribution in [0.25, 0.3) is 0 Å². The Bertz CT molecular complexity index is 358. The molecule has 0 aromatic heterocycles. The summed E-state index contributed by atoms with van der Waals surface area (Å²) in [5.41, 5.74) is 1.29. The highest BCUT2D eigenvalue weighted by Crippen LogP contribution is 2.29. The van der Waals surface area contributed by atoms with E-state index in [0.717, 1.165) is 25.7 Å². The summed E-state index contributed by atoms with van der Waals surface area (Å²) in [6.45, 7) is 11.1. The topological polar surface area (TPSA) is 40.5 Å². The van der Waals surface area contributed by atoms with Gasteiger partial charge in [-0.15, -0.1) is 0 Å². The van der Waals surface area contributed by atoms with Crippen LogP contribution in [0.1, 0.15) is 98.8 Å². The van der Waals surface area contributed by atoms with Gasteiger partial charge in [-0.1, -0.05) is 88.8 Å². The van der Waals surface area contributed by atoms with Gasteiger partial charge in [0.05, 0.1) is 13.2 Å².